The molecule has 8 heteroatoms. The zero-order valence-electron chi connectivity index (χ0n) is 10.4. The monoisotopic (exact) mass is 305 g/mol. The molecule has 0 atom stereocenters. The smallest absolute Gasteiger partial charge is 0.406 e. The zero-order valence-corrected chi connectivity index (χ0v) is 11.2. The fourth-order valence-electron chi connectivity index (χ4n) is 1.67. The molecule has 0 amide bonds. The van der Waals surface area contributed by atoms with Crippen LogP contribution in [0.5, 0.6) is 5.75 Å². The third-order valence-electron chi connectivity index (χ3n) is 2.58. The van der Waals surface area contributed by atoms with Crippen LogP contribution in [0, 0.1) is 6.92 Å². The van der Waals surface area contributed by atoms with Crippen LogP contribution in [0.2, 0.25) is 5.02 Å². The molecule has 2 aromatic rings. The number of ether oxygens (including phenoxy) is 1. The van der Waals surface area contributed by atoms with Gasteiger partial charge in [-0.3, -0.25) is 0 Å². The van der Waals surface area contributed by atoms with E-state index in [-0.39, 0.29) is 5.75 Å². The van der Waals surface area contributed by atoms with E-state index in [1.165, 1.54) is 28.9 Å². The first-order valence-corrected chi connectivity index (χ1v) is 5.97. The molecule has 108 valence electrons. The van der Waals surface area contributed by atoms with Crippen molar-refractivity contribution in [2.24, 2.45) is 0 Å². The summed E-state index contributed by atoms with van der Waals surface area (Å²) >= 11 is 5.91. The molecule has 0 saturated carbocycles. The molecule has 0 fully saturated rings. The topological polar surface area (TPSA) is 53.1 Å². The zero-order chi connectivity index (χ0) is 14.9. The summed E-state index contributed by atoms with van der Waals surface area (Å²) in [5, 5.41) is 4.51. The largest absolute Gasteiger partial charge is 0.573 e. The lowest BCUT2D eigenvalue weighted by Crippen LogP contribution is -2.17. The maximum atomic E-state index is 12.0. The number of aromatic nitrogens is 2. The maximum absolute atomic E-state index is 12.0. The van der Waals surface area contributed by atoms with Crippen LogP contribution in [0.1, 0.15) is 11.3 Å². The number of nitrogens with zero attached hydrogens (tertiary/aromatic N) is 2. The van der Waals surface area contributed by atoms with Crippen LogP contribution < -0.4 is 10.5 Å². The van der Waals surface area contributed by atoms with Gasteiger partial charge in [-0.25, -0.2) is 4.68 Å². The van der Waals surface area contributed by atoms with Gasteiger partial charge in [0.1, 0.15) is 16.6 Å². The summed E-state index contributed by atoms with van der Waals surface area (Å²) in [6, 6.07) is 5.48. The molecule has 0 aliphatic rings. The molecule has 2 rings (SSSR count). The van der Waals surface area contributed by atoms with Crippen LogP contribution >= 0.6 is 11.6 Å². The Morgan fingerprint density at radius 3 is 2.35 bits per heavy atom. The van der Waals surface area contributed by atoms with Crippen molar-refractivity contribution < 1.29 is 17.9 Å². The Kier molecular flexibility index (Phi) is 3.80. The van der Waals surface area contributed by atoms with Gasteiger partial charge in [0, 0.05) is 0 Å². The molecule has 0 saturated heterocycles. The minimum absolute atomic E-state index is 0.274. The molecule has 0 aliphatic heterocycles. The van der Waals surface area contributed by atoms with E-state index in [4.69, 9.17) is 17.3 Å². The molecule has 2 N–H and O–H groups in total. The van der Waals surface area contributed by atoms with E-state index >= 15 is 0 Å². The molecule has 0 aliphatic carbocycles. The van der Waals surface area contributed by atoms with Crippen molar-refractivity contribution >= 4 is 17.4 Å². The van der Waals surface area contributed by atoms with Gasteiger partial charge >= 0.3 is 6.36 Å². The van der Waals surface area contributed by atoms with E-state index in [0.717, 1.165) is 5.56 Å². The van der Waals surface area contributed by atoms with Gasteiger partial charge in [-0.05, 0) is 24.6 Å². The highest BCUT2D eigenvalue weighted by Crippen LogP contribution is 2.25. The molecule has 1 aromatic carbocycles. The summed E-state index contributed by atoms with van der Waals surface area (Å²) in [6.07, 6.45) is -4.70. The van der Waals surface area contributed by atoms with E-state index in [0.29, 0.717) is 23.1 Å². The van der Waals surface area contributed by atoms with Crippen molar-refractivity contribution in [1.82, 2.24) is 9.78 Å². The predicted molar refractivity (Wildman–Crippen MR) is 68.6 cm³/mol. The second-order valence-corrected chi connectivity index (χ2v) is 4.51. The molecule has 1 aromatic heterocycles. The second-order valence-electron chi connectivity index (χ2n) is 4.13. The summed E-state index contributed by atoms with van der Waals surface area (Å²) in [4.78, 5) is 0. The first kappa shape index (κ1) is 14.5. The van der Waals surface area contributed by atoms with Crippen molar-refractivity contribution in [1.29, 1.82) is 0 Å². The lowest BCUT2D eigenvalue weighted by Gasteiger charge is -2.09. The second kappa shape index (κ2) is 5.24. The molecule has 1 heterocycles. The maximum Gasteiger partial charge on any atom is 0.573 e. The standard InChI is InChI=1S/C12H11ClF3N3O/c1-7-10(13)11(17)19(18-7)6-8-2-4-9(5-3-8)20-12(14,15)16/h2-5H,6,17H2,1H3. The van der Waals surface area contributed by atoms with Crippen molar-refractivity contribution in [2.75, 3.05) is 5.73 Å². The first-order valence-electron chi connectivity index (χ1n) is 5.59. The van der Waals surface area contributed by atoms with Crippen LogP contribution in [-0.2, 0) is 6.54 Å². The molecular formula is C12H11ClF3N3O. The van der Waals surface area contributed by atoms with Crippen LogP contribution in [-0.4, -0.2) is 16.1 Å². The van der Waals surface area contributed by atoms with Crippen molar-refractivity contribution in [2.45, 2.75) is 19.8 Å². The van der Waals surface area contributed by atoms with Crippen LogP contribution in [0.4, 0.5) is 19.0 Å². The SMILES string of the molecule is Cc1nn(Cc2ccc(OC(F)(F)F)cc2)c(N)c1Cl. The third kappa shape index (κ3) is 3.36. The van der Waals surface area contributed by atoms with Gasteiger partial charge < -0.3 is 10.5 Å². The number of aryl methyl sites for hydroxylation is 1. The first-order chi connectivity index (χ1) is 9.26. The summed E-state index contributed by atoms with van der Waals surface area (Å²) in [6.45, 7) is 2.03. The Morgan fingerprint density at radius 2 is 1.90 bits per heavy atom. The Hall–Kier alpha value is -1.89. The van der Waals surface area contributed by atoms with Gasteiger partial charge in [0.25, 0.3) is 0 Å². The van der Waals surface area contributed by atoms with E-state index in [9.17, 15) is 13.2 Å². The Labute approximate surface area is 117 Å². The summed E-state index contributed by atoms with van der Waals surface area (Å²) in [5.41, 5.74) is 7.09. The van der Waals surface area contributed by atoms with Crippen molar-refractivity contribution in [3.8, 4) is 5.75 Å². The lowest BCUT2D eigenvalue weighted by atomic mass is 10.2. The quantitative estimate of drug-likeness (QED) is 0.946. The average molecular weight is 306 g/mol. The van der Waals surface area contributed by atoms with Gasteiger partial charge in [-0.15, -0.1) is 13.2 Å². The molecule has 20 heavy (non-hydrogen) atoms. The highest BCUT2D eigenvalue weighted by atomic mass is 35.5. The van der Waals surface area contributed by atoms with Gasteiger partial charge in [-0.1, -0.05) is 23.7 Å². The summed E-state index contributed by atoms with van der Waals surface area (Å²) in [5.74, 6) is 0.0451. The van der Waals surface area contributed by atoms with Crippen molar-refractivity contribution in [3.63, 3.8) is 0 Å². The Balaban J connectivity index is 2.13. The number of anilines is 1. The number of benzene rings is 1. The van der Waals surface area contributed by atoms with E-state index in [2.05, 4.69) is 9.84 Å². The molecule has 4 nitrogen and oxygen atoms in total. The minimum Gasteiger partial charge on any atom is -0.406 e. The number of hydrogen-bond donors (Lipinski definition) is 1. The van der Waals surface area contributed by atoms with Gasteiger partial charge in [0.05, 0.1) is 12.2 Å². The molecule has 0 unspecified atom stereocenters. The average Bonchev–Trinajstić information content (AvgIpc) is 2.58. The van der Waals surface area contributed by atoms with Gasteiger partial charge in [0.2, 0.25) is 0 Å². The molecular weight excluding hydrogens is 295 g/mol. The summed E-state index contributed by atoms with van der Waals surface area (Å²) < 4.78 is 41.3. The lowest BCUT2D eigenvalue weighted by molar-refractivity contribution is -0.274. The molecule has 0 bridgehead atoms. The minimum atomic E-state index is -4.70. The number of alkyl halides is 3. The van der Waals surface area contributed by atoms with E-state index in [1.54, 1.807) is 6.92 Å². The number of hydrogen-bond acceptors (Lipinski definition) is 3. The fraction of sp³-hybridized carbons (Fsp3) is 0.250. The third-order valence-corrected chi connectivity index (χ3v) is 3.05. The Morgan fingerprint density at radius 1 is 1.30 bits per heavy atom. The van der Waals surface area contributed by atoms with Gasteiger partial charge in [-0.2, -0.15) is 5.10 Å². The molecule has 0 spiro atoms. The summed E-state index contributed by atoms with van der Waals surface area (Å²) in [7, 11) is 0. The number of rotatable bonds is 3. The highest BCUT2D eigenvalue weighted by Gasteiger charge is 2.30. The fourth-order valence-corrected chi connectivity index (χ4v) is 1.80. The number of halogens is 4. The number of nitrogen functional groups attached to an aromatic ring is 1. The Bertz CT molecular complexity index is 608. The number of nitrogens with two attached hydrogens (primary N) is 1. The normalized spacial score (nSPS) is 11.7. The highest BCUT2D eigenvalue weighted by molar-refractivity contribution is 6.33. The van der Waals surface area contributed by atoms with E-state index in [1.807, 2.05) is 0 Å². The van der Waals surface area contributed by atoms with Crippen LogP contribution in [0.25, 0.3) is 0 Å². The van der Waals surface area contributed by atoms with E-state index < -0.39 is 6.36 Å². The van der Waals surface area contributed by atoms with Crippen LogP contribution in [0.15, 0.2) is 24.3 Å². The predicted octanol–water partition coefficient (Wildman–Crippen LogP) is 3.37. The van der Waals surface area contributed by atoms with Gasteiger partial charge in [0.15, 0.2) is 0 Å². The van der Waals surface area contributed by atoms with Crippen LogP contribution in [0.3, 0.4) is 0 Å². The molecule has 0 radical (unpaired) electrons. The van der Waals surface area contributed by atoms with Crippen molar-refractivity contribution in [3.05, 3.63) is 40.5 Å².